The topological polar surface area (TPSA) is 130 Å². The normalized spacial score (nSPS) is 14.8. The highest BCUT2D eigenvalue weighted by Gasteiger charge is 2.33. The second kappa shape index (κ2) is 3.70. The SMILES string of the molecule is O=C(O)C1=COOC(C(=O)O)=C1C(=O)O. The van der Waals surface area contributed by atoms with Gasteiger partial charge in [0.1, 0.15) is 11.1 Å². The van der Waals surface area contributed by atoms with E-state index >= 15 is 0 Å². The van der Waals surface area contributed by atoms with Crippen LogP contribution in [0.3, 0.4) is 0 Å². The molecule has 0 bridgehead atoms. The summed E-state index contributed by atoms with van der Waals surface area (Å²) in [4.78, 5) is 39.8. The quantitative estimate of drug-likeness (QED) is 0.530. The minimum absolute atomic E-state index is 0.498. The summed E-state index contributed by atoms with van der Waals surface area (Å²) in [5.41, 5.74) is -1.77. The monoisotopic (exact) mass is 216 g/mol. The maximum absolute atomic E-state index is 10.6. The van der Waals surface area contributed by atoms with Gasteiger partial charge in [-0.05, 0) is 0 Å². The highest BCUT2D eigenvalue weighted by Crippen LogP contribution is 2.22. The van der Waals surface area contributed by atoms with Crippen molar-refractivity contribution in [3.05, 3.63) is 23.2 Å². The fourth-order valence-electron chi connectivity index (χ4n) is 0.855. The van der Waals surface area contributed by atoms with Gasteiger partial charge in [0.15, 0.2) is 6.26 Å². The van der Waals surface area contributed by atoms with E-state index in [2.05, 4.69) is 9.78 Å². The summed E-state index contributed by atoms with van der Waals surface area (Å²) in [7, 11) is 0. The number of rotatable bonds is 3. The molecule has 15 heavy (non-hydrogen) atoms. The molecule has 0 aliphatic carbocycles. The third-order valence-electron chi connectivity index (χ3n) is 1.43. The van der Waals surface area contributed by atoms with Crippen LogP contribution in [0, 0.1) is 0 Å². The van der Waals surface area contributed by atoms with Crippen LogP contribution < -0.4 is 0 Å². The minimum Gasteiger partial charge on any atom is -0.478 e. The van der Waals surface area contributed by atoms with Gasteiger partial charge in [0.05, 0.1) is 0 Å². The number of aliphatic carboxylic acids is 3. The molecule has 80 valence electrons. The minimum atomic E-state index is -1.74. The molecule has 1 heterocycles. The molecular weight excluding hydrogens is 212 g/mol. The fraction of sp³-hybridized carbons (Fsp3) is 0. The van der Waals surface area contributed by atoms with E-state index in [-0.39, 0.29) is 0 Å². The third-order valence-corrected chi connectivity index (χ3v) is 1.43. The van der Waals surface area contributed by atoms with Crippen molar-refractivity contribution in [3.63, 3.8) is 0 Å². The number of carboxylic acid groups (broad SMARTS) is 3. The Balaban J connectivity index is 3.33. The van der Waals surface area contributed by atoms with Crippen molar-refractivity contribution in [1.82, 2.24) is 0 Å². The number of hydrogen-bond donors (Lipinski definition) is 3. The molecule has 0 aromatic rings. The van der Waals surface area contributed by atoms with E-state index in [1.165, 1.54) is 0 Å². The van der Waals surface area contributed by atoms with E-state index in [0.717, 1.165) is 0 Å². The Kier molecular flexibility index (Phi) is 2.61. The lowest BCUT2D eigenvalue weighted by Gasteiger charge is -2.12. The van der Waals surface area contributed by atoms with Crippen LogP contribution in [0.25, 0.3) is 0 Å². The molecule has 1 aliphatic rings. The Morgan fingerprint density at radius 1 is 1.00 bits per heavy atom. The van der Waals surface area contributed by atoms with Crippen LogP contribution >= 0.6 is 0 Å². The zero-order valence-corrected chi connectivity index (χ0v) is 6.96. The smallest absolute Gasteiger partial charge is 0.377 e. The predicted molar refractivity (Wildman–Crippen MR) is 40.2 cm³/mol. The van der Waals surface area contributed by atoms with Crippen molar-refractivity contribution in [3.8, 4) is 0 Å². The van der Waals surface area contributed by atoms with Gasteiger partial charge in [0.2, 0.25) is 0 Å². The molecule has 0 amide bonds. The second-order valence-electron chi connectivity index (χ2n) is 2.33. The summed E-state index contributed by atoms with van der Waals surface area (Å²) in [5.74, 6) is -6.18. The molecular formula is C7H4O8. The van der Waals surface area contributed by atoms with Gasteiger partial charge in [-0.2, -0.15) is 0 Å². The van der Waals surface area contributed by atoms with Crippen LogP contribution in [-0.4, -0.2) is 33.2 Å². The maximum atomic E-state index is 10.6. The maximum Gasteiger partial charge on any atom is 0.377 e. The lowest BCUT2D eigenvalue weighted by molar-refractivity contribution is -0.222. The molecule has 0 fully saturated rings. The van der Waals surface area contributed by atoms with Crippen LogP contribution in [0.5, 0.6) is 0 Å². The first kappa shape index (κ1) is 10.6. The van der Waals surface area contributed by atoms with Gasteiger partial charge in [0.25, 0.3) is 5.76 Å². The van der Waals surface area contributed by atoms with Crippen LogP contribution in [0.1, 0.15) is 0 Å². The van der Waals surface area contributed by atoms with Crippen LogP contribution in [0.4, 0.5) is 0 Å². The van der Waals surface area contributed by atoms with Gasteiger partial charge >= 0.3 is 17.9 Å². The van der Waals surface area contributed by atoms with Crippen molar-refractivity contribution >= 4 is 17.9 Å². The molecule has 1 rings (SSSR count). The summed E-state index contributed by atoms with van der Waals surface area (Å²) in [6, 6.07) is 0. The molecule has 3 N–H and O–H groups in total. The Labute approximate surface area is 81.6 Å². The average molecular weight is 216 g/mol. The zero-order chi connectivity index (χ0) is 11.6. The fourth-order valence-corrected chi connectivity index (χ4v) is 0.855. The first-order valence-electron chi connectivity index (χ1n) is 3.43. The lowest BCUT2D eigenvalue weighted by atomic mass is 10.1. The molecule has 0 atom stereocenters. The Hall–Kier alpha value is -2.51. The summed E-state index contributed by atoms with van der Waals surface area (Å²) in [6.45, 7) is 0. The molecule has 0 aromatic carbocycles. The van der Waals surface area contributed by atoms with E-state index in [9.17, 15) is 14.4 Å². The van der Waals surface area contributed by atoms with Gasteiger partial charge in [-0.3, -0.25) is 9.78 Å². The van der Waals surface area contributed by atoms with Gasteiger partial charge < -0.3 is 15.3 Å². The molecule has 0 aromatic heterocycles. The average Bonchev–Trinajstić information content (AvgIpc) is 2.16. The van der Waals surface area contributed by atoms with E-state index in [1.807, 2.05) is 0 Å². The number of carboxylic acids is 3. The van der Waals surface area contributed by atoms with E-state index in [1.54, 1.807) is 0 Å². The zero-order valence-electron chi connectivity index (χ0n) is 6.96. The molecule has 8 nitrogen and oxygen atoms in total. The van der Waals surface area contributed by atoms with E-state index in [4.69, 9.17) is 15.3 Å². The van der Waals surface area contributed by atoms with Gasteiger partial charge in [-0.15, -0.1) is 0 Å². The summed E-state index contributed by atoms with van der Waals surface area (Å²) < 4.78 is 0. The second-order valence-corrected chi connectivity index (χ2v) is 2.33. The van der Waals surface area contributed by atoms with Crippen molar-refractivity contribution < 1.29 is 39.5 Å². The van der Waals surface area contributed by atoms with Crippen molar-refractivity contribution in [2.24, 2.45) is 0 Å². The van der Waals surface area contributed by atoms with Crippen molar-refractivity contribution in [2.75, 3.05) is 0 Å². The summed E-state index contributed by atoms with van der Waals surface area (Å²) in [5, 5.41) is 25.7. The number of carbonyl (C=O) groups is 3. The highest BCUT2D eigenvalue weighted by atomic mass is 17.2. The summed E-state index contributed by atoms with van der Waals surface area (Å²) in [6.07, 6.45) is 0.498. The summed E-state index contributed by atoms with van der Waals surface area (Å²) >= 11 is 0. The Bertz CT molecular complexity index is 401. The van der Waals surface area contributed by atoms with Crippen molar-refractivity contribution in [1.29, 1.82) is 0 Å². The van der Waals surface area contributed by atoms with Crippen molar-refractivity contribution in [2.45, 2.75) is 0 Å². The molecule has 0 saturated heterocycles. The van der Waals surface area contributed by atoms with Gasteiger partial charge in [-0.1, -0.05) is 0 Å². The van der Waals surface area contributed by atoms with Crippen LogP contribution in [0.15, 0.2) is 23.2 Å². The molecule has 1 aliphatic heterocycles. The van der Waals surface area contributed by atoms with Crippen LogP contribution in [0.2, 0.25) is 0 Å². The molecule has 0 saturated carbocycles. The molecule has 0 spiro atoms. The van der Waals surface area contributed by atoms with E-state index in [0.29, 0.717) is 6.26 Å². The van der Waals surface area contributed by atoms with Gasteiger partial charge in [0, 0.05) is 0 Å². The largest absolute Gasteiger partial charge is 0.478 e. The van der Waals surface area contributed by atoms with Crippen LogP contribution in [-0.2, 0) is 24.2 Å². The molecule has 8 heteroatoms. The standard InChI is InChI=1S/C7H4O8/c8-5(9)2-1-14-15-4(7(12)13)3(2)6(10)11/h1H,(H,8,9)(H,10,11)(H,12,13). The number of hydrogen-bond acceptors (Lipinski definition) is 5. The predicted octanol–water partition coefficient (Wildman–Crippen LogP) is -0.660. The highest BCUT2D eigenvalue weighted by molar-refractivity contribution is 6.09. The Morgan fingerprint density at radius 3 is 2.00 bits per heavy atom. The third kappa shape index (κ3) is 1.88. The first-order chi connectivity index (χ1) is 6.95. The molecule has 0 unspecified atom stereocenters. The Morgan fingerprint density at radius 2 is 1.60 bits per heavy atom. The molecule has 0 radical (unpaired) electrons. The lowest BCUT2D eigenvalue weighted by Crippen LogP contribution is -2.22. The first-order valence-corrected chi connectivity index (χ1v) is 3.43. The van der Waals surface area contributed by atoms with Gasteiger partial charge in [-0.25, -0.2) is 14.4 Å². The van der Waals surface area contributed by atoms with E-state index < -0.39 is 34.8 Å².